The van der Waals surface area contributed by atoms with E-state index in [1.54, 1.807) is 27.1 Å². The first kappa shape index (κ1) is 23.7. The van der Waals surface area contributed by atoms with Gasteiger partial charge in [0.15, 0.2) is 11.4 Å². The lowest BCUT2D eigenvalue weighted by Gasteiger charge is -2.50. The number of aliphatic hydroxyl groups is 3. The number of carbonyl (C=O) groups is 4. The van der Waals surface area contributed by atoms with Gasteiger partial charge in [0, 0.05) is 28.2 Å². The molecule has 1 amide bonds. The number of hydrogen-bond donors (Lipinski definition) is 4. The van der Waals surface area contributed by atoms with Crippen molar-refractivity contribution in [2.24, 2.45) is 17.6 Å². The summed E-state index contributed by atoms with van der Waals surface area (Å²) in [5.74, 6) is -5.91. The Labute approximate surface area is 195 Å². The number of amides is 1. The lowest BCUT2D eigenvalue weighted by molar-refractivity contribution is -0.148. The monoisotopic (exact) mass is 470 g/mol. The van der Waals surface area contributed by atoms with Gasteiger partial charge in [0.1, 0.15) is 29.1 Å². The van der Waals surface area contributed by atoms with Crippen LogP contribution in [-0.2, 0) is 16.0 Å². The molecule has 1 aromatic rings. The second-order valence-corrected chi connectivity index (χ2v) is 9.23. The van der Waals surface area contributed by atoms with Crippen LogP contribution < -0.4 is 10.5 Å². The molecule has 4 rings (SSSR count). The molecule has 0 radical (unpaired) electrons. The Bertz CT molecular complexity index is 1230. The number of hydrogen-bond acceptors (Lipinski definition) is 9. The fourth-order valence-corrected chi connectivity index (χ4v) is 5.79. The van der Waals surface area contributed by atoms with E-state index >= 15 is 0 Å². The average Bonchev–Trinajstić information content (AvgIpc) is 2.76. The molecule has 0 spiro atoms. The van der Waals surface area contributed by atoms with Crippen LogP contribution in [0.5, 0.6) is 5.75 Å². The lowest BCUT2D eigenvalue weighted by atomic mass is 9.58. The molecule has 0 unspecified atom stereocenters. The van der Waals surface area contributed by atoms with Crippen molar-refractivity contribution in [3.8, 4) is 5.75 Å². The molecule has 0 fully saturated rings. The van der Waals surface area contributed by atoms with E-state index in [-0.39, 0.29) is 29.5 Å². The van der Waals surface area contributed by atoms with Crippen LogP contribution in [0.4, 0.5) is 0 Å². The number of methoxy groups -OCH3 is 1. The normalized spacial score (nSPS) is 28.5. The highest BCUT2D eigenvalue weighted by atomic mass is 16.5. The molecule has 3 aliphatic rings. The summed E-state index contributed by atoms with van der Waals surface area (Å²) in [7, 11) is 4.59. The van der Waals surface area contributed by atoms with Gasteiger partial charge in [-0.1, -0.05) is 0 Å². The van der Waals surface area contributed by atoms with Gasteiger partial charge in [0.25, 0.3) is 5.91 Å². The van der Waals surface area contributed by atoms with Gasteiger partial charge in [-0.15, -0.1) is 0 Å². The molecule has 0 saturated carbocycles. The van der Waals surface area contributed by atoms with Crippen LogP contribution in [0.2, 0.25) is 0 Å². The van der Waals surface area contributed by atoms with E-state index in [2.05, 4.69) is 0 Å². The first-order valence-electron chi connectivity index (χ1n) is 10.7. The third-order valence-electron chi connectivity index (χ3n) is 7.36. The molecule has 4 atom stereocenters. The number of Topliss-reactive ketones (excluding diaryl/α,β-unsaturated/α-hetero) is 2. The Kier molecular flexibility index (Phi) is 5.41. The third-order valence-corrected chi connectivity index (χ3v) is 7.36. The zero-order valence-electron chi connectivity index (χ0n) is 19.2. The maximum Gasteiger partial charge on any atom is 0.255 e. The molecule has 1 aromatic carbocycles. The van der Waals surface area contributed by atoms with Crippen LogP contribution in [0.15, 0.2) is 28.7 Å². The highest BCUT2D eigenvalue weighted by Crippen LogP contribution is 2.52. The molecule has 0 bridgehead atoms. The van der Waals surface area contributed by atoms with Gasteiger partial charge >= 0.3 is 0 Å². The van der Waals surface area contributed by atoms with Gasteiger partial charge in [-0.3, -0.25) is 24.1 Å². The Morgan fingerprint density at radius 3 is 2.47 bits per heavy atom. The van der Waals surface area contributed by atoms with Gasteiger partial charge in [0.2, 0.25) is 5.78 Å². The third kappa shape index (κ3) is 2.88. The zero-order valence-corrected chi connectivity index (χ0v) is 19.2. The SMILES string of the molecule is COc1cc(C=O)c(C)c2c1C[C@H]1C[C@H]3[C@H](N(C)C)C(O)=C(C(N)=O)C(=O)[C@@]3(O)C(O)=C1C2=O. The number of likely N-dealkylation sites (N-methyl/N-ethyl adjacent to an activating group) is 1. The minimum absolute atomic E-state index is 0.0450. The molecule has 0 aliphatic heterocycles. The number of primary amides is 1. The number of benzene rings is 1. The van der Waals surface area contributed by atoms with E-state index < -0.39 is 58.0 Å². The largest absolute Gasteiger partial charge is 0.510 e. The molecular formula is C24H26N2O8. The molecule has 0 saturated heterocycles. The number of ketones is 2. The van der Waals surface area contributed by atoms with E-state index in [1.807, 2.05) is 0 Å². The number of fused-ring (bicyclic) bond motifs is 3. The number of aldehydes is 1. The molecule has 5 N–H and O–H groups in total. The predicted octanol–water partition coefficient (Wildman–Crippen LogP) is 0.545. The molecule has 0 aromatic heterocycles. The van der Waals surface area contributed by atoms with Gasteiger partial charge in [-0.2, -0.15) is 0 Å². The summed E-state index contributed by atoms with van der Waals surface area (Å²) >= 11 is 0. The van der Waals surface area contributed by atoms with Crippen LogP contribution in [0, 0.1) is 18.8 Å². The number of carbonyl (C=O) groups excluding carboxylic acids is 4. The maximum atomic E-state index is 13.7. The van der Waals surface area contributed by atoms with Crippen LogP contribution in [0.3, 0.4) is 0 Å². The Balaban J connectivity index is 2.00. The minimum atomic E-state index is -2.63. The fraction of sp³-hybridized carbons (Fsp3) is 0.417. The molecular weight excluding hydrogens is 444 g/mol. The van der Waals surface area contributed by atoms with Gasteiger partial charge in [0.05, 0.1) is 13.2 Å². The van der Waals surface area contributed by atoms with Crippen molar-refractivity contribution >= 4 is 23.8 Å². The Hall–Kier alpha value is -3.50. The summed E-state index contributed by atoms with van der Waals surface area (Å²) in [6.45, 7) is 1.60. The average molecular weight is 470 g/mol. The second-order valence-electron chi connectivity index (χ2n) is 9.23. The summed E-state index contributed by atoms with van der Waals surface area (Å²) in [5, 5.41) is 33.6. The van der Waals surface area contributed by atoms with Crippen LogP contribution in [0.1, 0.15) is 38.3 Å². The van der Waals surface area contributed by atoms with Crippen molar-refractivity contribution in [1.29, 1.82) is 0 Å². The van der Waals surface area contributed by atoms with E-state index in [9.17, 15) is 34.5 Å². The molecule has 34 heavy (non-hydrogen) atoms. The van der Waals surface area contributed by atoms with Gasteiger partial charge in [-0.05, 0) is 51.4 Å². The fourth-order valence-electron chi connectivity index (χ4n) is 5.79. The maximum absolute atomic E-state index is 13.7. The molecule has 3 aliphatic carbocycles. The number of ether oxygens (including phenoxy) is 1. The first-order valence-corrected chi connectivity index (χ1v) is 10.7. The highest BCUT2D eigenvalue weighted by molar-refractivity contribution is 6.24. The van der Waals surface area contributed by atoms with E-state index in [1.165, 1.54) is 12.0 Å². The van der Waals surface area contributed by atoms with Crippen molar-refractivity contribution in [3.05, 3.63) is 51.0 Å². The second kappa shape index (κ2) is 7.78. The summed E-state index contributed by atoms with van der Waals surface area (Å²) in [4.78, 5) is 52.0. The zero-order chi connectivity index (χ0) is 25.3. The molecule has 0 heterocycles. The van der Waals surface area contributed by atoms with Crippen molar-refractivity contribution in [2.75, 3.05) is 21.2 Å². The van der Waals surface area contributed by atoms with Gasteiger partial charge in [-0.25, -0.2) is 0 Å². The number of rotatable bonds is 4. The van der Waals surface area contributed by atoms with Crippen molar-refractivity contribution < 1.29 is 39.2 Å². The smallest absolute Gasteiger partial charge is 0.255 e. The van der Waals surface area contributed by atoms with Crippen molar-refractivity contribution in [3.63, 3.8) is 0 Å². The Morgan fingerprint density at radius 2 is 1.94 bits per heavy atom. The molecule has 180 valence electrons. The number of nitrogens with two attached hydrogens (primary N) is 1. The van der Waals surface area contributed by atoms with Crippen molar-refractivity contribution in [2.45, 2.75) is 31.4 Å². The predicted molar refractivity (Wildman–Crippen MR) is 119 cm³/mol. The molecule has 10 heteroatoms. The minimum Gasteiger partial charge on any atom is -0.510 e. The summed E-state index contributed by atoms with van der Waals surface area (Å²) in [5.41, 5.74) is 3.07. The van der Waals surface area contributed by atoms with Crippen LogP contribution in [-0.4, -0.2) is 76.8 Å². The lowest BCUT2D eigenvalue weighted by Crippen LogP contribution is -2.63. The van der Waals surface area contributed by atoms with Crippen LogP contribution >= 0.6 is 0 Å². The van der Waals surface area contributed by atoms with Crippen LogP contribution in [0.25, 0.3) is 0 Å². The van der Waals surface area contributed by atoms with E-state index in [0.717, 1.165) is 0 Å². The summed E-state index contributed by atoms with van der Waals surface area (Å²) in [6, 6.07) is 0.522. The van der Waals surface area contributed by atoms with E-state index in [0.29, 0.717) is 23.2 Å². The summed E-state index contributed by atoms with van der Waals surface area (Å²) in [6.07, 6.45) is 0.871. The molecule has 10 nitrogen and oxygen atoms in total. The Morgan fingerprint density at radius 1 is 1.29 bits per heavy atom. The summed E-state index contributed by atoms with van der Waals surface area (Å²) < 4.78 is 5.43. The number of nitrogens with zero attached hydrogens (tertiary/aromatic N) is 1. The topological polar surface area (TPSA) is 167 Å². The van der Waals surface area contributed by atoms with Crippen molar-refractivity contribution in [1.82, 2.24) is 4.90 Å². The number of aliphatic hydroxyl groups excluding tert-OH is 2. The highest BCUT2D eigenvalue weighted by Gasteiger charge is 2.63. The number of allylic oxidation sites excluding steroid dienone is 1. The first-order chi connectivity index (χ1) is 15.9. The standard InChI is InChI=1S/C24H26N2O8/c1-9-11(8-27)7-14(34-4)12-5-10-6-13-18(26(2)3)20(29)17(23(25)32)22(31)24(13,33)21(30)16(10)19(28)15(9)12/h7-8,10,13,18,29-30,33H,5-6H2,1-4H3,(H2,25,32)/t10-,13-,18-,24-/m0/s1. The quantitative estimate of drug-likeness (QED) is 0.363. The van der Waals surface area contributed by atoms with Gasteiger partial charge < -0.3 is 25.8 Å². The van der Waals surface area contributed by atoms with E-state index in [4.69, 9.17) is 10.5 Å².